The summed E-state index contributed by atoms with van der Waals surface area (Å²) in [5.74, 6) is -0.208. The maximum Gasteiger partial charge on any atom is 0.305 e. The third-order valence-electron chi connectivity index (χ3n) is 5.47. The largest absolute Gasteiger partial charge is 0.469 e. The lowest BCUT2D eigenvalue weighted by atomic mass is 10.0. The van der Waals surface area contributed by atoms with Gasteiger partial charge in [-0.3, -0.25) is 19.3 Å². The number of aliphatic imine (C=N–C) groups is 1. The first kappa shape index (κ1) is 26.2. The Bertz CT molecular complexity index is 1120. The van der Waals surface area contributed by atoms with E-state index in [1.807, 2.05) is 43.3 Å². The van der Waals surface area contributed by atoms with Crippen molar-refractivity contribution in [2.75, 3.05) is 24.3 Å². The second kappa shape index (κ2) is 12.4. The maximum atomic E-state index is 13.3. The van der Waals surface area contributed by atoms with Crippen LogP contribution in [-0.4, -0.2) is 42.4 Å². The maximum absolute atomic E-state index is 13.3. The number of nitrogens with zero attached hydrogens (tertiary/aromatic N) is 2. The smallest absolute Gasteiger partial charge is 0.305 e. The number of thioether (sulfide) groups is 1. The van der Waals surface area contributed by atoms with Crippen molar-refractivity contribution < 1.29 is 19.1 Å². The number of esters is 1. The number of anilines is 1. The Morgan fingerprint density at radius 3 is 2.43 bits per heavy atom. The van der Waals surface area contributed by atoms with Crippen molar-refractivity contribution in [3.63, 3.8) is 0 Å². The summed E-state index contributed by atoms with van der Waals surface area (Å²) in [5.41, 5.74) is 4.22. The predicted molar refractivity (Wildman–Crippen MR) is 141 cm³/mol. The van der Waals surface area contributed by atoms with E-state index in [1.54, 1.807) is 11.0 Å². The molecule has 0 aliphatic carbocycles. The van der Waals surface area contributed by atoms with Crippen LogP contribution in [0.2, 0.25) is 0 Å². The van der Waals surface area contributed by atoms with Gasteiger partial charge >= 0.3 is 5.97 Å². The molecule has 0 saturated carbocycles. The van der Waals surface area contributed by atoms with Crippen molar-refractivity contribution in [3.05, 3.63) is 70.9 Å². The summed E-state index contributed by atoms with van der Waals surface area (Å²) < 4.78 is 4.60. The topological polar surface area (TPSA) is 88.1 Å². The average Bonchev–Trinajstić information content (AvgIpc) is 3.15. The van der Waals surface area contributed by atoms with E-state index in [0.29, 0.717) is 35.4 Å². The van der Waals surface area contributed by atoms with Crippen molar-refractivity contribution in [1.29, 1.82) is 0 Å². The Morgan fingerprint density at radius 1 is 1.11 bits per heavy atom. The minimum atomic E-state index is -0.306. The van der Waals surface area contributed by atoms with Crippen molar-refractivity contribution in [3.8, 4) is 0 Å². The molecule has 0 fully saturated rings. The highest BCUT2D eigenvalue weighted by Gasteiger charge is 2.32. The molecule has 1 aliphatic rings. The molecule has 1 heterocycles. The molecule has 35 heavy (non-hydrogen) atoms. The number of carbonyl (C=O) groups excluding carboxylic acids is 3. The number of methoxy groups -OCH3 is 1. The first-order chi connectivity index (χ1) is 16.8. The molecule has 0 unspecified atom stereocenters. The fourth-order valence-corrected chi connectivity index (χ4v) is 4.24. The van der Waals surface area contributed by atoms with Crippen LogP contribution in [0.3, 0.4) is 0 Å². The highest BCUT2D eigenvalue weighted by molar-refractivity contribution is 8.14. The first-order valence-corrected chi connectivity index (χ1v) is 12.5. The number of amides is 2. The van der Waals surface area contributed by atoms with E-state index < -0.39 is 0 Å². The van der Waals surface area contributed by atoms with Crippen LogP contribution in [0.1, 0.15) is 49.3 Å². The van der Waals surface area contributed by atoms with Crippen LogP contribution in [-0.2, 0) is 19.1 Å². The number of hydrogen-bond acceptors (Lipinski definition) is 6. The SMILES string of the molecule is COC(=O)CCCNC(=O)CSC1=N/C(=C\c2ccc(C(C)C)cc2)C(=O)N1c1ccc(C)cc1. The third kappa shape index (κ3) is 7.29. The molecule has 0 atom stereocenters. The fraction of sp³-hybridized carbons (Fsp3) is 0.333. The Labute approximate surface area is 210 Å². The summed E-state index contributed by atoms with van der Waals surface area (Å²) in [5, 5.41) is 3.24. The summed E-state index contributed by atoms with van der Waals surface area (Å²) in [6.45, 7) is 6.63. The molecule has 0 aromatic heterocycles. The molecule has 1 aliphatic heterocycles. The van der Waals surface area contributed by atoms with Gasteiger partial charge in [-0.15, -0.1) is 0 Å². The molecule has 3 rings (SSSR count). The Kier molecular flexibility index (Phi) is 9.25. The molecule has 2 amide bonds. The molecular formula is C27H31N3O4S. The lowest BCUT2D eigenvalue weighted by Gasteiger charge is -2.18. The van der Waals surface area contributed by atoms with Gasteiger partial charge in [0.15, 0.2) is 5.17 Å². The van der Waals surface area contributed by atoms with Gasteiger partial charge in [0.1, 0.15) is 5.70 Å². The molecule has 184 valence electrons. The van der Waals surface area contributed by atoms with Crippen molar-refractivity contribution in [2.24, 2.45) is 4.99 Å². The normalized spacial score (nSPS) is 14.4. The molecule has 0 radical (unpaired) electrons. The van der Waals surface area contributed by atoms with E-state index in [4.69, 9.17) is 0 Å². The van der Waals surface area contributed by atoms with Gasteiger partial charge in [-0.05, 0) is 48.6 Å². The first-order valence-electron chi connectivity index (χ1n) is 11.6. The Balaban J connectivity index is 1.74. The van der Waals surface area contributed by atoms with Crippen LogP contribution < -0.4 is 10.2 Å². The minimum Gasteiger partial charge on any atom is -0.469 e. The van der Waals surface area contributed by atoms with E-state index in [0.717, 1.165) is 11.1 Å². The minimum absolute atomic E-state index is 0.100. The average molecular weight is 494 g/mol. The second-order valence-electron chi connectivity index (χ2n) is 8.54. The number of nitrogens with one attached hydrogen (secondary N) is 1. The van der Waals surface area contributed by atoms with Crippen molar-refractivity contribution >= 4 is 46.5 Å². The zero-order valence-corrected chi connectivity index (χ0v) is 21.4. The number of amidine groups is 1. The van der Waals surface area contributed by atoms with Gasteiger partial charge in [-0.2, -0.15) is 0 Å². The van der Waals surface area contributed by atoms with Crippen LogP contribution in [0.15, 0.2) is 59.2 Å². The molecule has 0 saturated heterocycles. The van der Waals surface area contributed by atoms with Gasteiger partial charge in [-0.1, -0.05) is 67.6 Å². The van der Waals surface area contributed by atoms with E-state index >= 15 is 0 Å². The molecule has 0 spiro atoms. The molecule has 0 bridgehead atoms. The van der Waals surface area contributed by atoms with Crippen LogP contribution in [0.5, 0.6) is 0 Å². The van der Waals surface area contributed by atoms with E-state index in [-0.39, 0.29) is 30.0 Å². The molecule has 2 aromatic carbocycles. The van der Waals surface area contributed by atoms with Gasteiger partial charge < -0.3 is 10.1 Å². The van der Waals surface area contributed by atoms with Crippen molar-refractivity contribution in [1.82, 2.24) is 5.32 Å². The Morgan fingerprint density at radius 2 is 1.80 bits per heavy atom. The standard InChI is InChI=1S/C27H31N3O4S/c1-18(2)21-11-9-20(10-12-21)16-23-26(33)30(22-13-7-19(3)8-14-22)27(29-23)35-17-24(31)28-15-5-6-25(32)34-4/h7-14,16,18H,5-6,15,17H2,1-4H3,(H,28,31)/b23-16-. The number of hydrogen-bond donors (Lipinski definition) is 1. The van der Waals surface area contributed by atoms with Crippen LogP contribution >= 0.6 is 11.8 Å². The Hall–Kier alpha value is -3.39. The molecule has 2 aromatic rings. The van der Waals surface area contributed by atoms with Gasteiger partial charge in [-0.25, -0.2) is 4.99 Å². The predicted octanol–water partition coefficient (Wildman–Crippen LogP) is 4.66. The number of aryl methyl sites for hydroxylation is 1. The zero-order chi connectivity index (χ0) is 25.4. The zero-order valence-electron chi connectivity index (χ0n) is 20.5. The lowest BCUT2D eigenvalue weighted by Crippen LogP contribution is -2.32. The highest BCUT2D eigenvalue weighted by atomic mass is 32.2. The summed E-state index contributed by atoms with van der Waals surface area (Å²) >= 11 is 1.20. The summed E-state index contributed by atoms with van der Waals surface area (Å²) in [6.07, 6.45) is 2.52. The van der Waals surface area contributed by atoms with Crippen LogP contribution in [0, 0.1) is 6.92 Å². The van der Waals surface area contributed by atoms with Gasteiger partial charge in [0.05, 0.1) is 18.6 Å². The molecule has 7 nitrogen and oxygen atoms in total. The number of rotatable bonds is 9. The van der Waals surface area contributed by atoms with Crippen LogP contribution in [0.25, 0.3) is 6.08 Å². The highest BCUT2D eigenvalue weighted by Crippen LogP contribution is 2.30. The van der Waals surface area contributed by atoms with Crippen molar-refractivity contribution in [2.45, 2.75) is 39.5 Å². The van der Waals surface area contributed by atoms with Gasteiger partial charge in [0, 0.05) is 13.0 Å². The quantitative estimate of drug-likeness (QED) is 0.312. The number of ether oxygens (including phenoxy) is 1. The second-order valence-corrected chi connectivity index (χ2v) is 9.48. The molecule has 1 N–H and O–H groups in total. The third-order valence-corrected chi connectivity index (χ3v) is 6.41. The number of benzene rings is 2. The summed E-state index contributed by atoms with van der Waals surface area (Å²) in [6, 6.07) is 15.7. The summed E-state index contributed by atoms with van der Waals surface area (Å²) in [7, 11) is 1.34. The monoisotopic (exact) mass is 493 g/mol. The molecule has 8 heteroatoms. The lowest BCUT2D eigenvalue weighted by molar-refractivity contribution is -0.140. The molecular weight excluding hydrogens is 462 g/mol. The number of carbonyl (C=O) groups is 3. The van der Waals surface area contributed by atoms with E-state index in [2.05, 4.69) is 41.0 Å². The van der Waals surface area contributed by atoms with E-state index in [1.165, 1.54) is 24.4 Å². The fourth-order valence-electron chi connectivity index (χ4n) is 3.39. The van der Waals surface area contributed by atoms with Gasteiger partial charge in [0.25, 0.3) is 5.91 Å². The van der Waals surface area contributed by atoms with E-state index in [9.17, 15) is 14.4 Å². The van der Waals surface area contributed by atoms with Crippen LogP contribution in [0.4, 0.5) is 5.69 Å². The summed E-state index contributed by atoms with van der Waals surface area (Å²) in [4.78, 5) is 43.0. The van der Waals surface area contributed by atoms with Gasteiger partial charge in [0.2, 0.25) is 5.91 Å².